The summed E-state index contributed by atoms with van der Waals surface area (Å²) >= 11 is 1.58. The Morgan fingerprint density at radius 3 is 2.75 bits per heavy atom. The van der Waals surface area contributed by atoms with E-state index in [0.717, 1.165) is 15.6 Å². The van der Waals surface area contributed by atoms with Crippen molar-refractivity contribution in [1.82, 2.24) is 10.3 Å². The first kappa shape index (κ1) is 14.3. The van der Waals surface area contributed by atoms with E-state index in [1.165, 1.54) is 0 Å². The fourth-order valence-corrected chi connectivity index (χ4v) is 2.57. The minimum absolute atomic E-state index is 0.144. The van der Waals surface area contributed by atoms with Crippen molar-refractivity contribution in [2.75, 3.05) is 24.7 Å². The van der Waals surface area contributed by atoms with Gasteiger partial charge in [0.15, 0.2) is 0 Å². The molecule has 20 heavy (non-hydrogen) atoms. The van der Waals surface area contributed by atoms with Gasteiger partial charge in [-0.25, -0.2) is 4.98 Å². The Hall–Kier alpha value is -2.08. The summed E-state index contributed by atoms with van der Waals surface area (Å²) in [7, 11) is 3.83. The van der Waals surface area contributed by atoms with Crippen LogP contribution in [-0.4, -0.2) is 25.0 Å². The molecule has 0 aliphatic carbocycles. The van der Waals surface area contributed by atoms with Gasteiger partial charge in [0, 0.05) is 30.7 Å². The van der Waals surface area contributed by atoms with E-state index < -0.39 is 0 Å². The van der Waals surface area contributed by atoms with E-state index in [-0.39, 0.29) is 5.91 Å². The van der Waals surface area contributed by atoms with Crippen LogP contribution in [0.5, 0.6) is 0 Å². The molecule has 0 fully saturated rings. The first-order valence-corrected chi connectivity index (χ1v) is 7.05. The lowest BCUT2D eigenvalue weighted by atomic mass is 10.1. The first-order chi connectivity index (χ1) is 9.47. The van der Waals surface area contributed by atoms with Gasteiger partial charge in [-0.15, -0.1) is 11.3 Å². The molecular formula is C14H18N4OS. The van der Waals surface area contributed by atoms with Gasteiger partial charge in [0.05, 0.1) is 17.9 Å². The number of aryl methyl sites for hydroxylation is 1. The molecule has 1 amide bonds. The fraction of sp³-hybridized carbons (Fsp3) is 0.286. The topological polar surface area (TPSA) is 71.2 Å². The molecule has 0 saturated heterocycles. The average Bonchev–Trinajstić information content (AvgIpc) is 2.81. The monoisotopic (exact) mass is 290 g/mol. The van der Waals surface area contributed by atoms with Crippen LogP contribution in [0.15, 0.2) is 24.4 Å². The second-order valence-corrected chi connectivity index (χ2v) is 6.03. The van der Waals surface area contributed by atoms with Gasteiger partial charge >= 0.3 is 0 Å². The van der Waals surface area contributed by atoms with Crippen molar-refractivity contribution in [3.63, 3.8) is 0 Å². The summed E-state index contributed by atoms with van der Waals surface area (Å²) in [5.41, 5.74) is 7.99. The van der Waals surface area contributed by atoms with E-state index in [9.17, 15) is 4.79 Å². The van der Waals surface area contributed by atoms with Gasteiger partial charge in [-0.2, -0.15) is 0 Å². The Kier molecular flexibility index (Phi) is 4.24. The molecule has 1 aromatic heterocycles. The zero-order valence-corrected chi connectivity index (χ0v) is 12.6. The molecule has 0 saturated carbocycles. The number of anilines is 2. The predicted octanol–water partition coefficient (Wildman–Crippen LogP) is 2.03. The molecule has 0 radical (unpaired) electrons. The van der Waals surface area contributed by atoms with E-state index in [1.54, 1.807) is 29.7 Å². The molecule has 0 aliphatic heterocycles. The molecule has 106 valence electrons. The van der Waals surface area contributed by atoms with Crippen LogP contribution in [0, 0.1) is 6.92 Å². The Morgan fingerprint density at radius 1 is 1.45 bits per heavy atom. The number of rotatable bonds is 4. The van der Waals surface area contributed by atoms with E-state index in [4.69, 9.17) is 5.73 Å². The number of carbonyl (C=O) groups is 1. The zero-order valence-electron chi connectivity index (χ0n) is 11.8. The number of hydrogen-bond donors (Lipinski definition) is 2. The van der Waals surface area contributed by atoms with Crippen molar-refractivity contribution in [1.29, 1.82) is 0 Å². The Bertz CT molecular complexity index is 621. The van der Waals surface area contributed by atoms with Gasteiger partial charge in [-0.3, -0.25) is 4.79 Å². The van der Waals surface area contributed by atoms with Crippen LogP contribution in [-0.2, 0) is 6.54 Å². The highest BCUT2D eigenvalue weighted by atomic mass is 32.1. The van der Waals surface area contributed by atoms with Crippen molar-refractivity contribution in [3.8, 4) is 0 Å². The molecule has 1 heterocycles. The second kappa shape index (κ2) is 5.92. The maximum absolute atomic E-state index is 12.1. The molecule has 0 spiro atoms. The van der Waals surface area contributed by atoms with Gasteiger partial charge in [0.1, 0.15) is 5.01 Å². The van der Waals surface area contributed by atoms with Crippen LogP contribution >= 0.6 is 11.3 Å². The van der Waals surface area contributed by atoms with Gasteiger partial charge in [-0.1, -0.05) is 0 Å². The van der Waals surface area contributed by atoms with Crippen molar-refractivity contribution >= 4 is 28.6 Å². The number of thiazole rings is 1. The molecule has 3 N–H and O–H groups in total. The van der Waals surface area contributed by atoms with E-state index in [1.807, 2.05) is 32.0 Å². The summed E-state index contributed by atoms with van der Waals surface area (Å²) in [5, 5.41) is 3.74. The fourth-order valence-electron chi connectivity index (χ4n) is 1.84. The third-order valence-corrected chi connectivity index (χ3v) is 3.75. The minimum atomic E-state index is -0.144. The Morgan fingerprint density at radius 2 is 2.20 bits per heavy atom. The third-order valence-electron chi connectivity index (χ3n) is 2.84. The van der Waals surface area contributed by atoms with Crippen molar-refractivity contribution in [2.24, 2.45) is 0 Å². The number of hydrogen-bond acceptors (Lipinski definition) is 5. The lowest BCUT2D eigenvalue weighted by Crippen LogP contribution is -2.23. The molecular weight excluding hydrogens is 272 g/mol. The second-order valence-electron chi connectivity index (χ2n) is 4.72. The minimum Gasteiger partial charge on any atom is -0.397 e. The number of benzene rings is 1. The molecule has 0 atom stereocenters. The smallest absolute Gasteiger partial charge is 0.251 e. The van der Waals surface area contributed by atoms with Crippen LogP contribution in [0.1, 0.15) is 20.2 Å². The van der Waals surface area contributed by atoms with Crippen LogP contribution in [0.25, 0.3) is 0 Å². The Labute approximate surface area is 122 Å². The number of nitrogen functional groups attached to an aromatic ring is 1. The molecule has 0 bridgehead atoms. The summed E-state index contributed by atoms with van der Waals surface area (Å²) in [6.07, 6.45) is 1.80. The van der Waals surface area contributed by atoms with Crippen molar-refractivity contribution < 1.29 is 4.79 Å². The largest absolute Gasteiger partial charge is 0.397 e. The number of carbonyl (C=O) groups excluding carboxylic acids is 1. The number of nitrogens with zero attached hydrogens (tertiary/aromatic N) is 2. The van der Waals surface area contributed by atoms with Crippen molar-refractivity contribution in [3.05, 3.63) is 39.8 Å². The van der Waals surface area contributed by atoms with E-state index in [0.29, 0.717) is 17.8 Å². The summed E-state index contributed by atoms with van der Waals surface area (Å²) < 4.78 is 0. The van der Waals surface area contributed by atoms with Gasteiger partial charge in [0.2, 0.25) is 0 Å². The lowest BCUT2D eigenvalue weighted by molar-refractivity contribution is 0.0951. The summed E-state index contributed by atoms with van der Waals surface area (Å²) in [4.78, 5) is 19.3. The SMILES string of the molecule is Cc1cnc(CNC(=O)c2ccc(N(C)C)c(N)c2)s1. The summed E-state index contributed by atoms with van der Waals surface area (Å²) in [6.45, 7) is 2.43. The van der Waals surface area contributed by atoms with E-state index >= 15 is 0 Å². The Balaban J connectivity index is 2.04. The first-order valence-electron chi connectivity index (χ1n) is 6.23. The maximum Gasteiger partial charge on any atom is 0.251 e. The van der Waals surface area contributed by atoms with Gasteiger partial charge in [-0.05, 0) is 25.1 Å². The average molecular weight is 290 g/mol. The van der Waals surface area contributed by atoms with Crippen LogP contribution in [0.4, 0.5) is 11.4 Å². The lowest BCUT2D eigenvalue weighted by Gasteiger charge is -2.15. The predicted molar refractivity (Wildman–Crippen MR) is 83.2 cm³/mol. The standard InChI is InChI=1S/C14H18N4OS/c1-9-7-16-13(20-9)8-17-14(19)10-4-5-12(18(2)3)11(15)6-10/h4-7H,8,15H2,1-3H3,(H,17,19). The normalized spacial score (nSPS) is 10.3. The highest BCUT2D eigenvalue weighted by molar-refractivity contribution is 7.11. The van der Waals surface area contributed by atoms with E-state index in [2.05, 4.69) is 10.3 Å². The molecule has 1 aromatic carbocycles. The summed E-state index contributed by atoms with van der Waals surface area (Å²) in [5.74, 6) is -0.144. The van der Waals surface area contributed by atoms with Crippen molar-refractivity contribution in [2.45, 2.75) is 13.5 Å². The summed E-state index contributed by atoms with van der Waals surface area (Å²) in [6, 6.07) is 5.31. The number of aromatic nitrogens is 1. The van der Waals surface area contributed by atoms with Gasteiger partial charge in [0.25, 0.3) is 5.91 Å². The number of amides is 1. The quantitative estimate of drug-likeness (QED) is 0.845. The molecule has 0 aliphatic rings. The number of nitrogens with one attached hydrogen (secondary N) is 1. The highest BCUT2D eigenvalue weighted by Crippen LogP contribution is 2.22. The highest BCUT2D eigenvalue weighted by Gasteiger charge is 2.09. The molecule has 0 unspecified atom stereocenters. The van der Waals surface area contributed by atoms with Crippen LogP contribution < -0.4 is 16.0 Å². The van der Waals surface area contributed by atoms with Crippen LogP contribution in [0.3, 0.4) is 0 Å². The van der Waals surface area contributed by atoms with Gasteiger partial charge < -0.3 is 16.0 Å². The third kappa shape index (κ3) is 3.27. The number of nitrogens with two attached hydrogens (primary N) is 1. The molecule has 6 heteroatoms. The molecule has 5 nitrogen and oxygen atoms in total. The zero-order chi connectivity index (χ0) is 14.7. The molecule has 2 rings (SSSR count). The molecule has 2 aromatic rings. The van der Waals surface area contributed by atoms with Crippen LogP contribution in [0.2, 0.25) is 0 Å². The maximum atomic E-state index is 12.1.